The molecule has 0 N–H and O–H groups in total. The Hall–Kier alpha value is -1.44. The minimum absolute atomic E-state index is 1.39. The van der Waals surface area contributed by atoms with E-state index >= 15 is 0 Å². The second-order valence-corrected chi connectivity index (χ2v) is 9.02. The Morgan fingerprint density at radius 1 is 0.545 bits per heavy atom. The van der Waals surface area contributed by atoms with Gasteiger partial charge in [0.05, 0.1) is 5.82 Å². The van der Waals surface area contributed by atoms with Gasteiger partial charge in [-0.05, 0) is 59.0 Å². The summed E-state index contributed by atoms with van der Waals surface area (Å²) in [5.74, 6) is 2.40. The number of rotatable bonds is 4. The van der Waals surface area contributed by atoms with E-state index in [1.165, 1.54) is 15.9 Å². The van der Waals surface area contributed by atoms with Crippen LogP contribution in [0.1, 0.15) is 0 Å². The first-order valence-corrected chi connectivity index (χ1v) is 10.3. The highest BCUT2D eigenvalue weighted by Crippen LogP contribution is 2.56. The van der Waals surface area contributed by atoms with Crippen molar-refractivity contribution in [2.45, 2.75) is 0 Å². The van der Waals surface area contributed by atoms with Crippen molar-refractivity contribution in [2.75, 3.05) is 0 Å². The Balaban J connectivity index is 2.34. The SMILES string of the molecule is I/C=C\[P+](c1ccccc1)(c1ccccc1)c1ccccc1. The van der Waals surface area contributed by atoms with Crippen LogP contribution in [0.3, 0.4) is 0 Å². The standard InChI is InChI=1S/C20H17IP/c21-16-17-22(18-10-4-1-5-11-18,19-12-6-2-7-13-19)20-14-8-3-9-15-20/h1-17H/q+1/b17-16-. The van der Waals surface area contributed by atoms with Crippen LogP contribution in [0.4, 0.5) is 0 Å². The number of hydrogen-bond donors (Lipinski definition) is 0. The lowest BCUT2D eigenvalue weighted by atomic mass is 10.4. The predicted molar refractivity (Wildman–Crippen MR) is 108 cm³/mol. The lowest BCUT2D eigenvalue weighted by molar-refractivity contribution is 1.72. The van der Waals surface area contributed by atoms with E-state index in [1.807, 2.05) is 0 Å². The summed E-state index contributed by atoms with van der Waals surface area (Å²) in [5, 5.41) is 4.17. The monoisotopic (exact) mass is 415 g/mol. The molecule has 0 aliphatic rings. The Kier molecular flexibility index (Phi) is 5.07. The lowest BCUT2D eigenvalue weighted by Gasteiger charge is -2.23. The molecule has 0 amide bonds. The van der Waals surface area contributed by atoms with Crippen LogP contribution in [0.2, 0.25) is 0 Å². The Labute approximate surface area is 146 Å². The Bertz CT molecular complexity index is 640. The predicted octanol–water partition coefficient (Wildman–Crippen LogP) is 4.89. The fourth-order valence-corrected chi connectivity index (χ4v) is 7.73. The van der Waals surface area contributed by atoms with E-state index in [0.29, 0.717) is 0 Å². The second-order valence-electron chi connectivity index (χ2n) is 5.00. The highest BCUT2D eigenvalue weighted by Gasteiger charge is 2.42. The summed E-state index contributed by atoms with van der Waals surface area (Å²) in [4.78, 5) is 0. The van der Waals surface area contributed by atoms with Gasteiger partial charge >= 0.3 is 0 Å². The van der Waals surface area contributed by atoms with E-state index in [9.17, 15) is 0 Å². The summed E-state index contributed by atoms with van der Waals surface area (Å²) in [6.45, 7) is 0. The van der Waals surface area contributed by atoms with Gasteiger partial charge in [0, 0.05) is 4.08 Å². The molecular weight excluding hydrogens is 398 g/mol. The molecule has 3 aromatic carbocycles. The molecule has 0 saturated carbocycles. The van der Waals surface area contributed by atoms with Crippen LogP contribution in [0, 0.1) is 0 Å². The highest BCUT2D eigenvalue weighted by atomic mass is 127. The third-order valence-electron chi connectivity index (χ3n) is 3.77. The molecule has 0 radical (unpaired) electrons. The van der Waals surface area contributed by atoms with Crippen molar-refractivity contribution in [3.8, 4) is 0 Å². The van der Waals surface area contributed by atoms with Crippen molar-refractivity contribution in [1.82, 2.24) is 0 Å². The molecule has 0 aromatic heterocycles. The number of hydrogen-bond acceptors (Lipinski definition) is 0. The average molecular weight is 415 g/mol. The maximum Gasteiger partial charge on any atom is 0.137 e. The molecule has 0 saturated heterocycles. The molecule has 0 atom stereocenters. The average Bonchev–Trinajstić information content (AvgIpc) is 2.62. The molecule has 22 heavy (non-hydrogen) atoms. The fraction of sp³-hybridized carbons (Fsp3) is 0. The van der Waals surface area contributed by atoms with Crippen LogP contribution < -0.4 is 15.9 Å². The van der Waals surface area contributed by atoms with Gasteiger partial charge in [-0.3, -0.25) is 0 Å². The molecule has 0 heterocycles. The molecule has 0 fully saturated rings. The molecule has 2 heteroatoms. The van der Waals surface area contributed by atoms with E-state index in [-0.39, 0.29) is 0 Å². The van der Waals surface area contributed by atoms with E-state index in [2.05, 4.69) is 123 Å². The lowest BCUT2D eigenvalue weighted by Crippen LogP contribution is -2.29. The number of halogens is 1. The first-order chi connectivity index (χ1) is 10.9. The zero-order valence-corrected chi connectivity index (χ0v) is 15.2. The third-order valence-corrected chi connectivity index (χ3v) is 8.63. The molecule has 0 spiro atoms. The molecule has 0 unspecified atom stereocenters. The molecule has 0 nitrogen and oxygen atoms in total. The van der Waals surface area contributed by atoms with Gasteiger partial charge in [0.2, 0.25) is 0 Å². The van der Waals surface area contributed by atoms with Crippen molar-refractivity contribution in [2.24, 2.45) is 0 Å². The fourth-order valence-electron chi connectivity index (χ4n) is 2.78. The van der Waals surface area contributed by atoms with E-state index < -0.39 is 7.26 Å². The summed E-state index contributed by atoms with van der Waals surface area (Å²) in [5.41, 5.74) is 0. The smallest absolute Gasteiger partial charge is 0.0620 e. The summed E-state index contributed by atoms with van der Waals surface area (Å²) in [6.07, 6.45) is 0. The maximum absolute atomic E-state index is 2.40. The summed E-state index contributed by atoms with van der Waals surface area (Å²) < 4.78 is 2.17. The zero-order chi connectivity index (χ0) is 15.3. The summed E-state index contributed by atoms with van der Waals surface area (Å²) in [7, 11) is -1.74. The van der Waals surface area contributed by atoms with Gasteiger partial charge in [-0.25, -0.2) is 0 Å². The van der Waals surface area contributed by atoms with Crippen LogP contribution >= 0.6 is 29.9 Å². The minimum atomic E-state index is -1.74. The first kappa shape index (κ1) is 15.5. The summed E-state index contributed by atoms with van der Waals surface area (Å²) >= 11 is 2.34. The van der Waals surface area contributed by atoms with Gasteiger partial charge in [0.15, 0.2) is 0 Å². The third kappa shape index (κ3) is 2.88. The molecule has 0 bridgehead atoms. The number of benzene rings is 3. The normalized spacial score (nSPS) is 11.7. The largest absolute Gasteiger partial charge is 0.137 e. The van der Waals surface area contributed by atoms with Crippen molar-refractivity contribution in [1.29, 1.82) is 0 Å². The van der Waals surface area contributed by atoms with Crippen LogP contribution in [0.15, 0.2) is 101 Å². The molecular formula is C20H17IP+. The van der Waals surface area contributed by atoms with E-state index in [0.717, 1.165) is 0 Å². The van der Waals surface area contributed by atoms with Crippen LogP contribution in [0.5, 0.6) is 0 Å². The summed E-state index contributed by atoms with van der Waals surface area (Å²) in [6, 6.07) is 32.6. The maximum atomic E-state index is 2.40. The first-order valence-electron chi connectivity index (χ1n) is 7.21. The molecule has 0 aliphatic heterocycles. The van der Waals surface area contributed by atoms with Gasteiger partial charge in [-0.1, -0.05) is 54.6 Å². The quantitative estimate of drug-likeness (QED) is 0.421. The van der Waals surface area contributed by atoms with E-state index in [4.69, 9.17) is 0 Å². The van der Waals surface area contributed by atoms with Crippen LogP contribution in [-0.4, -0.2) is 0 Å². The van der Waals surface area contributed by atoms with Crippen molar-refractivity contribution in [3.63, 3.8) is 0 Å². The second kappa shape index (κ2) is 7.21. The van der Waals surface area contributed by atoms with Crippen molar-refractivity contribution in [3.05, 3.63) is 101 Å². The Morgan fingerprint density at radius 3 is 1.14 bits per heavy atom. The van der Waals surface area contributed by atoms with Gasteiger partial charge in [-0.15, -0.1) is 0 Å². The van der Waals surface area contributed by atoms with Gasteiger partial charge in [-0.2, -0.15) is 0 Å². The molecule has 108 valence electrons. The topological polar surface area (TPSA) is 0 Å². The van der Waals surface area contributed by atoms with Gasteiger partial charge in [0.1, 0.15) is 23.2 Å². The Morgan fingerprint density at radius 2 is 0.864 bits per heavy atom. The van der Waals surface area contributed by atoms with Gasteiger partial charge in [0.25, 0.3) is 0 Å². The van der Waals surface area contributed by atoms with E-state index in [1.54, 1.807) is 0 Å². The minimum Gasteiger partial charge on any atom is -0.0620 e. The zero-order valence-electron chi connectivity index (χ0n) is 12.1. The van der Waals surface area contributed by atoms with Crippen LogP contribution in [-0.2, 0) is 0 Å². The van der Waals surface area contributed by atoms with Crippen molar-refractivity contribution < 1.29 is 0 Å². The highest BCUT2D eigenvalue weighted by molar-refractivity contribution is 14.1. The van der Waals surface area contributed by atoms with Crippen LogP contribution in [0.25, 0.3) is 0 Å². The molecule has 3 rings (SSSR count). The van der Waals surface area contributed by atoms with Gasteiger partial charge < -0.3 is 0 Å². The van der Waals surface area contributed by atoms with Crippen molar-refractivity contribution >= 4 is 45.8 Å². The molecule has 3 aromatic rings. The molecule has 0 aliphatic carbocycles.